The Bertz CT molecular complexity index is 958. The largest absolute Gasteiger partial charge is 0.330 e. The third-order valence-electron chi connectivity index (χ3n) is 4.13. The quantitative estimate of drug-likeness (QED) is 0.492. The molecule has 140 valence electrons. The van der Waals surface area contributed by atoms with E-state index in [1.807, 2.05) is 27.1 Å². The van der Waals surface area contributed by atoms with Crippen LogP contribution >= 0.6 is 0 Å². The van der Waals surface area contributed by atoms with Gasteiger partial charge in [-0.15, -0.1) is 0 Å². The highest BCUT2D eigenvalue weighted by Crippen LogP contribution is 2.16. The number of hydrogen-bond acceptors (Lipinski definition) is 5. The molecule has 0 N–H and O–H groups in total. The number of aromatic nitrogens is 4. The minimum absolute atomic E-state index is 0.00431. The lowest BCUT2D eigenvalue weighted by Crippen LogP contribution is -2.36. The van der Waals surface area contributed by atoms with Gasteiger partial charge in [0.2, 0.25) is 0 Å². The Morgan fingerprint density at radius 1 is 1.26 bits per heavy atom. The molecule has 9 heteroatoms. The first-order valence-corrected chi connectivity index (χ1v) is 8.44. The van der Waals surface area contributed by atoms with Gasteiger partial charge in [-0.3, -0.25) is 19.6 Å². The lowest BCUT2D eigenvalue weighted by molar-refractivity contribution is -0.384. The van der Waals surface area contributed by atoms with Crippen molar-refractivity contribution < 1.29 is 9.72 Å². The Morgan fingerprint density at radius 3 is 2.52 bits per heavy atom. The van der Waals surface area contributed by atoms with Crippen molar-refractivity contribution in [2.24, 2.45) is 7.05 Å². The third kappa shape index (κ3) is 4.02. The van der Waals surface area contributed by atoms with Gasteiger partial charge in [0.25, 0.3) is 11.6 Å². The van der Waals surface area contributed by atoms with E-state index in [4.69, 9.17) is 0 Å². The fraction of sp³-hybridized carbons (Fsp3) is 0.278. The van der Waals surface area contributed by atoms with Crippen LogP contribution in [0.3, 0.4) is 0 Å². The second kappa shape index (κ2) is 7.40. The monoisotopic (exact) mass is 368 g/mol. The molecule has 0 saturated carbocycles. The van der Waals surface area contributed by atoms with E-state index in [1.165, 1.54) is 16.8 Å². The lowest BCUT2D eigenvalue weighted by Gasteiger charge is -2.25. The topological polar surface area (TPSA) is 99.1 Å². The maximum atomic E-state index is 12.9. The van der Waals surface area contributed by atoms with Crippen molar-refractivity contribution in [1.29, 1.82) is 0 Å². The Labute approximate surface area is 156 Å². The van der Waals surface area contributed by atoms with Gasteiger partial charge in [0, 0.05) is 49.7 Å². The van der Waals surface area contributed by atoms with Crippen LogP contribution in [-0.2, 0) is 13.6 Å². The summed E-state index contributed by atoms with van der Waals surface area (Å²) in [5.41, 5.74) is 1.90. The molecule has 0 unspecified atom stereocenters. The van der Waals surface area contributed by atoms with Gasteiger partial charge in [-0.2, -0.15) is 10.2 Å². The minimum atomic E-state index is -0.458. The Hall–Kier alpha value is -3.49. The maximum Gasteiger partial charge on any atom is 0.274 e. The summed E-state index contributed by atoms with van der Waals surface area (Å²) < 4.78 is 3.22. The van der Waals surface area contributed by atoms with Crippen LogP contribution in [0.4, 0.5) is 5.69 Å². The normalized spacial score (nSPS) is 11.0. The second-order valence-corrected chi connectivity index (χ2v) is 6.47. The molecular weight excluding hydrogens is 348 g/mol. The molecule has 0 fully saturated rings. The average molecular weight is 368 g/mol. The van der Waals surface area contributed by atoms with Crippen LogP contribution in [0.15, 0.2) is 48.9 Å². The highest BCUT2D eigenvalue weighted by Gasteiger charge is 2.22. The van der Waals surface area contributed by atoms with Crippen molar-refractivity contribution in [3.8, 4) is 5.69 Å². The molecule has 3 rings (SSSR count). The van der Waals surface area contributed by atoms with E-state index < -0.39 is 4.92 Å². The van der Waals surface area contributed by atoms with Crippen LogP contribution in [0.2, 0.25) is 0 Å². The first kappa shape index (κ1) is 18.3. The van der Waals surface area contributed by atoms with Gasteiger partial charge >= 0.3 is 0 Å². The number of aryl methyl sites for hydroxylation is 1. The number of amides is 1. The Kier molecular flexibility index (Phi) is 5.02. The second-order valence-electron chi connectivity index (χ2n) is 6.47. The highest BCUT2D eigenvalue weighted by atomic mass is 16.6. The van der Waals surface area contributed by atoms with E-state index >= 15 is 0 Å². The summed E-state index contributed by atoms with van der Waals surface area (Å²) in [4.78, 5) is 24.9. The minimum Gasteiger partial charge on any atom is -0.330 e. The molecular formula is C18H20N6O3. The number of rotatable bonds is 6. The van der Waals surface area contributed by atoms with Crippen molar-refractivity contribution >= 4 is 11.6 Å². The molecule has 9 nitrogen and oxygen atoms in total. The van der Waals surface area contributed by atoms with Crippen molar-refractivity contribution in [3.63, 3.8) is 0 Å². The molecule has 0 saturated heterocycles. The van der Waals surface area contributed by atoms with E-state index in [9.17, 15) is 14.9 Å². The zero-order valence-corrected chi connectivity index (χ0v) is 15.3. The van der Waals surface area contributed by atoms with Crippen LogP contribution in [0.25, 0.3) is 5.69 Å². The Morgan fingerprint density at radius 2 is 1.96 bits per heavy atom. The van der Waals surface area contributed by atoms with Gasteiger partial charge in [0.05, 0.1) is 16.8 Å². The fourth-order valence-electron chi connectivity index (χ4n) is 2.70. The van der Waals surface area contributed by atoms with Crippen molar-refractivity contribution in [1.82, 2.24) is 24.5 Å². The van der Waals surface area contributed by atoms with Crippen molar-refractivity contribution in [2.45, 2.75) is 26.4 Å². The molecule has 2 heterocycles. The first-order chi connectivity index (χ1) is 12.8. The average Bonchev–Trinajstić information content (AvgIpc) is 3.28. The third-order valence-corrected chi connectivity index (χ3v) is 4.13. The van der Waals surface area contributed by atoms with Crippen LogP contribution in [0.1, 0.15) is 29.9 Å². The molecule has 0 bridgehead atoms. The predicted octanol–water partition coefficient (Wildman–Crippen LogP) is 2.56. The van der Waals surface area contributed by atoms with E-state index in [0.29, 0.717) is 17.9 Å². The number of nitro groups is 1. The summed E-state index contributed by atoms with van der Waals surface area (Å²) in [6.07, 6.45) is 5.27. The molecule has 0 aliphatic rings. The zero-order chi connectivity index (χ0) is 19.6. The maximum absolute atomic E-state index is 12.9. The van der Waals surface area contributed by atoms with Gasteiger partial charge < -0.3 is 4.90 Å². The predicted molar refractivity (Wildman–Crippen MR) is 98.4 cm³/mol. The van der Waals surface area contributed by atoms with E-state index in [1.54, 1.807) is 40.2 Å². The molecule has 0 aliphatic carbocycles. The number of carbonyl (C=O) groups excluding carboxylic acids is 1. The van der Waals surface area contributed by atoms with Crippen molar-refractivity contribution in [2.75, 3.05) is 0 Å². The summed E-state index contributed by atoms with van der Waals surface area (Å²) in [6, 6.07) is 7.62. The van der Waals surface area contributed by atoms with Gasteiger partial charge in [-0.25, -0.2) is 4.68 Å². The number of hydrogen-bond donors (Lipinski definition) is 0. The van der Waals surface area contributed by atoms with E-state index in [0.717, 1.165) is 5.56 Å². The Balaban J connectivity index is 1.80. The van der Waals surface area contributed by atoms with Gasteiger partial charge in [-0.1, -0.05) is 0 Å². The number of nitrogens with zero attached hydrogens (tertiary/aromatic N) is 6. The molecule has 0 radical (unpaired) electrons. The van der Waals surface area contributed by atoms with Gasteiger partial charge in [0.1, 0.15) is 0 Å². The van der Waals surface area contributed by atoms with Crippen molar-refractivity contribution in [3.05, 3.63) is 70.3 Å². The first-order valence-electron chi connectivity index (χ1n) is 8.44. The van der Waals surface area contributed by atoms with E-state index in [-0.39, 0.29) is 17.6 Å². The molecule has 0 atom stereocenters. The highest BCUT2D eigenvalue weighted by molar-refractivity contribution is 5.92. The molecule has 1 aromatic carbocycles. The summed E-state index contributed by atoms with van der Waals surface area (Å²) in [5.74, 6) is -0.186. The van der Waals surface area contributed by atoms with E-state index in [2.05, 4.69) is 10.2 Å². The van der Waals surface area contributed by atoms with Gasteiger partial charge in [0.15, 0.2) is 5.69 Å². The number of non-ortho nitro benzene ring substituents is 1. The summed E-state index contributed by atoms with van der Waals surface area (Å²) >= 11 is 0. The number of carbonyl (C=O) groups is 1. The fourth-order valence-corrected chi connectivity index (χ4v) is 2.70. The van der Waals surface area contributed by atoms with Crippen LogP contribution in [-0.4, -0.2) is 41.3 Å². The molecule has 3 aromatic rings. The number of benzene rings is 1. The molecule has 1 amide bonds. The SMILES string of the molecule is CC(C)N(Cc1cnn(C)c1)C(=O)c1ccn(-c2ccc([N+](=O)[O-])cc2)n1. The molecule has 0 aliphatic heterocycles. The summed E-state index contributed by atoms with van der Waals surface area (Å²) in [5, 5.41) is 19.2. The van der Waals surface area contributed by atoms with Gasteiger partial charge in [-0.05, 0) is 32.0 Å². The molecule has 0 spiro atoms. The van der Waals surface area contributed by atoms with Crippen LogP contribution < -0.4 is 0 Å². The summed E-state index contributed by atoms with van der Waals surface area (Å²) in [7, 11) is 1.83. The van der Waals surface area contributed by atoms with Crippen LogP contribution in [0, 0.1) is 10.1 Å². The smallest absolute Gasteiger partial charge is 0.274 e. The number of nitro benzene ring substituents is 1. The molecule has 27 heavy (non-hydrogen) atoms. The summed E-state index contributed by atoms with van der Waals surface area (Å²) in [6.45, 7) is 4.33. The zero-order valence-electron chi connectivity index (χ0n) is 15.3. The molecule has 2 aromatic heterocycles. The van der Waals surface area contributed by atoms with Crippen LogP contribution in [0.5, 0.6) is 0 Å². The standard InChI is InChI=1S/C18H20N6O3/c1-13(2)22(12-14-10-19-21(3)11-14)18(25)17-8-9-23(20-17)15-4-6-16(7-5-15)24(26)27/h4-11,13H,12H2,1-3H3. The lowest BCUT2D eigenvalue weighted by atomic mass is 10.2.